The molecule has 0 saturated heterocycles. The van der Waals surface area contributed by atoms with Gasteiger partial charge in [-0.25, -0.2) is 5.01 Å². The Morgan fingerprint density at radius 3 is 2.63 bits per heavy atom. The van der Waals surface area contributed by atoms with E-state index in [1.54, 1.807) is 11.3 Å². The van der Waals surface area contributed by atoms with Crippen LogP contribution in [0.5, 0.6) is 0 Å². The highest BCUT2D eigenvalue weighted by molar-refractivity contribution is 7.11. The molecule has 2 heterocycles. The van der Waals surface area contributed by atoms with Crippen molar-refractivity contribution >= 4 is 34.7 Å². The van der Waals surface area contributed by atoms with Crippen molar-refractivity contribution in [2.75, 3.05) is 5.01 Å². The molecular weight excluding hydrogens is 354 g/mol. The molecule has 1 aromatic heterocycles. The summed E-state index contributed by atoms with van der Waals surface area (Å²) < 4.78 is 0. The topological polar surface area (TPSA) is 58.7 Å². The minimum absolute atomic E-state index is 0.389. The molecule has 0 atom stereocenters. The first kappa shape index (κ1) is 17.6. The van der Waals surface area contributed by atoms with Crippen molar-refractivity contribution in [2.45, 2.75) is 25.8 Å². The standard InChI is InChI=1S/C22H21N3OS/c1-22(2,23)16-8-10-17(11-9-16)25-20(21-7-4-12-27-21)13-18-15(14-26)5-3-6-19(18)24-25/h3-4,6-14H,5,23H2,1-2H3. The Balaban J connectivity index is 1.82. The van der Waals surface area contributed by atoms with E-state index in [0.717, 1.165) is 45.0 Å². The summed E-state index contributed by atoms with van der Waals surface area (Å²) in [6.07, 6.45) is 7.61. The smallest absolute Gasteiger partial charge is 0.147 e. The molecule has 0 amide bonds. The summed E-state index contributed by atoms with van der Waals surface area (Å²) in [5.41, 5.74) is 11.3. The molecule has 0 saturated carbocycles. The van der Waals surface area contributed by atoms with Crippen molar-refractivity contribution in [3.8, 4) is 0 Å². The molecular formula is C22H21N3OS. The fraction of sp³-hybridized carbons (Fsp3) is 0.182. The van der Waals surface area contributed by atoms with Gasteiger partial charge in [0.25, 0.3) is 0 Å². The molecule has 1 aromatic carbocycles. The van der Waals surface area contributed by atoms with E-state index in [1.807, 2.05) is 66.7 Å². The molecule has 5 heteroatoms. The predicted molar refractivity (Wildman–Crippen MR) is 113 cm³/mol. The molecule has 0 spiro atoms. The number of nitrogens with two attached hydrogens (primary N) is 1. The molecule has 1 aliphatic heterocycles. The van der Waals surface area contributed by atoms with Crippen LogP contribution in [0.2, 0.25) is 0 Å². The van der Waals surface area contributed by atoms with Gasteiger partial charge in [0.15, 0.2) is 0 Å². The Hall–Kier alpha value is -2.76. The number of carbonyl (C=O) groups is 1. The van der Waals surface area contributed by atoms with Gasteiger partial charge in [0.1, 0.15) is 6.29 Å². The van der Waals surface area contributed by atoms with Crippen LogP contribution in [0.25, 0.3) is 5.70 Å². The van der Waals surface area contributed by atoms with E-state index in [-0.39, 0.29) is 5.54 Å². The summed E-state index contributed by atoms with van der Waals surface area (Å²) in [6.45, 7) is 3.98. The van der Waals surface area contributed by atoms with Crippen molar-refractivity contribution in [1.82, 2.24) is 0 Å². The number of anilines is 1. The quantitative estimate of drug-likeness (QED) is 0.794. The summed E-state index contributed by atoms with van der Waals surface area (Å²) in [5, 5.41) is 8.84. The summed E-state index contributed by atoms with van der Waals surface area (Å²) in [7, 11) is 0. The Kier molecular flexibility index (Phi) is 4.42. The number of carbonyl (C=O) groups excluding carboxylic acids is 1. The van der Waals surface area contributed by atoms with Gasteiger partial charge in [-0.15, -0.1) is 11.3 Å². The van der Waals surface area contributed by atoms with Crippen LogP contribution in [0.3, 0.4) is 0 Å². The van der Waals surface area contributed by atoms with Gasteiger partial charge < -0.3 is 5.73 Å². The van der Waals surface area contributed by atoms with E-state index in [0.29, 0.717) is 6.42 Å². The largest absolute Gasteiger partial charge is 0.322 e. The number of thiophene rings is 1. The number of benzene rings is 1. The van der Waals surface area contributed by atoms with E-state index in [4.69, 9.17) is 10.8 Å². The maximum absolute atomic E-state index is 11.5. The first-order valence-corrected chi connectivity index (χ1v) is 9.74. The molecule has 2 aliphatic rings. The predicted octanol–water partition coefficient (Wildman–Crippen LogP) is 4.61. The maximum atomic E-state index is 11.5. The first-order chi connectivity index (χ1) is 13.0. The zero-order valence-electron chi connectivity index (χ0n) is 15.3. The maximum Gasteiger partial charge on any atom is 0.147 e. The third-order valence-corrected chi connectivity index (χ3v) is 5.62. The van der Waals surface area contributed by atoms with Gasteiger partial charge in [-0.2, -0.15) is 5.10 Å². The average molecular weight is 375 g/mol. The molecule has 136 valence electrons. The second-order valence-corrected chi connectivity index (χ2v) is 8.18. The van der Waals surface area contributed by atoms with Crippen molar-refractivity contribution in [3.05, 3.63) is 81.6 Å². The molecule has 1 aliphatic carbocycles. The van der Waals surface area contributed by atoms with Crippen LogP contribution < -0.4 is 10.7 Å². The van der Waals surface area contributed by atoms with Gasteiger partial charge >= 0.3 is 0 Å². The fourth-order valence-corrected chi connectivity index (χ4v) is 3.94. The minimum atomic E-state index is -0.389. The molecule has 0 unspecified atom stereocenters. The number of allylic oxidation sites excluding steroid dienone is 5. The number of aldehydes is 1. The Morgan fingerprint density at radius 2 is 2.00 bits per heavy atom. The third kappa shape index (κ3) is 3.31. The highest BCUT2D eigenvalue weighted by Gasteiger charge is 2.25. The van der Waals surface area contributed by atoms with Gasteiger partial charge in [0.05, 0.1) is 22.0 Å². The van der Waals surface area contributed by atoms with Crippen LogP contribution in [-0.2, 0) is 10.3 Å². The molecule has 0 radical (unpaired) electrons. The minimum Gasteiger partial charge on any atom is -0.322 e. The lowest BCUT2D eigenvalue weighted by Gasteiger charge is -2.29. The fourth-order valence-electron chi connectivity index (χ4n) is 3.22. The van der Waals surface area contributed by atoms with Crippen molar-refractivity contribution < 1.29 is 4.79 Å². The number of hydrogen-bond donors (Lipinski definition) is 1. The monoisotopic (exact) mass is 375 g/mol. The third-order valence-electron chi connectivity index (χ3n) is 4.72. The normalized spacial score (nSPS) is 16.8. The number of rotatable bonds is 4. The molecule has 0 fully saturated rings. The van der Waals surface area contributed by atoms with Crippen molar-refractivity contribution in [3.63, 3.8) is 0 Å². The van der Waals surface area contributed by atoms with E-state index in [9.17, 15) is 4.79 Å². The van der Waals surface area contributed by atoms with Gasteiger partial charge in [0, 0.05) is 16.7 Å². The molecule has 4 rings (SSSR count). The summed E-state index contributed by atoms with van der Waals surface area (Å²) >= 11 is 1.66. The van der Waals surface area contributed by atoms with Gasteiger partial charge in [-0.1, -0.05) is 24.3 Å². The second-order valence-electron chi connectivity index (χ2n) is 7.24. The van der Waals surface area contributed by atoms with Crippen LogP contribution in [0.1, 0.15) is 30.7 Å². The number of hydrazone groups is 1. The molecule has 2 aromatic rings. The zero-order chi connectivity index (χ0) is 19.0. The molecule has 0 bridgehead atoms. The zero-order valence-corrected chi connectivity index (χ0v) is 16.2. The van der Waals surface area contributed by atoms with E-state index in [1.165, 1.54) is 0 Å². The highest BCUT2D eigenvalue weighted by Crippen LogP contribution is 2.36. The average Bonchev–Trinajstić information content (AvgIpc) is 3.20. The van der Waals surface area contributed by atoms with Gasteiger partial charge in [-0.05, 0) is 61.6 Å². The summed E-state index contributed by atoms with van der Waals surface area (Å²) in [6, 6.07) is 12.3. The number of fused-ring (bicyclic) bond motifs is 1. The van der Waals surface area contributed by atoms with Crippen LogP contribution in [-0.4, -0.2) is 12.0 Å². The second kappa shape index (κ2) is 6.76. The molecule has 4 nitrogen and oxygen atoms in total. The lowest BCUT2D eigenvalue weighted by molar-refractivity contribution is -0.105. The van der Waals surface area contributed by atoms with Crippen LogP contribution in [0.4, 0.5) is 5.69 Å². The Morgan fingerprint density at radius 1 is 1.22 bits per heavy atom. The lowest BCUT2D eigenvalue weighted by atomic mass is 9.93. The lowest BCUT2D eigenvalue weighted by Crippen LogP contribution is -2.28. The number of hydrogen-bond acceptors (Lipinski definition) is 5. The van der Waals surface area contributed by atoms with E-state index in [2.05, 4.69) is 12.1 Å². The van der Waals surface area contributed by atoms with E-state index < -0.39 is 0 Å². The Bertz CT molecular complexity index is 987. The van der Waals surface area contributed by atoms with Gasteiger partial charge in [-0.3, -0.25) is 4.79 Å². The van der Waals surface area contributed by atoms with Crippen LogP contribution in [0.15, 0.2) is 76.3 Å². The molecule has 2 N–H and O–H groups in total. The highest BCUT2D eigenvalue weighted by atomic mass is 32.1. The number of nitrogens with zero attached hydrogens (tertiary/aromatic N) is 2. The van der Waals surface area contributed by atoms with Crippen LogP contribution >= 0.6 is 11.3 Å². The van der Waals surface area contributed by atoms with Crippen molar-refractivity contribution in [2.24, 2.45) is 10.8 Å². The van der Waals surface area contributed by atoms with E-state index >= 15 is 0 Å². The first-order valence-electron chi connectivity index (χ1n) is 8.86. The van der Waals surface area contributed by atoms with Crippen molar-refractivity contribution in [1.29, 1.82) is 0 Å². The van der Waals surface area contributed by atoms with Crippen LogP contribution in [0, 0.1) is 0 Å². The SMILES string of the molecule is CC(C)(N)c1ccc(N2N=C3C=CCC(C=O)=C3C=C2c2cccs2)cc1. The van der Waals surface area contributed by atoms with Gasteiger partial charge in [0.2, 0.25) is 0 Å². The summed E-state index contributed by atoms with van der Waals surface area (Å²) in [5.74, 6) is 0. The Labute approximate surface area is 163 Å². The summed E-state index contributed by atoms with van der Waals surface area (Å²) in [4.78, 5) is 12.6. The molecule has 27 heavy (non-hydrogen) atoms.